The minimum atomic E-state index is -1.24. The Labute approximate surface area is 116 Å². The molecule has 0 aliphatic heterocycles. The molecule has 1 aliphatic carbocycles. The van der Waals surface area contributed by atoms with Gasteiger partial charge in [0.25, 0.3) is 0 Å². The normalized spacial score (nSPS) is 26.2. The van der Waals surface area contributed by atoms with E-state index in [1.165, 1.54) is 0 Å². The Hall–Kier alpha value is -1.69. The molecule has 1 aromatic rings. The number of nitrogens with one attached hydrogen (secondary N) is 1. The largest absolute Gasteiger partial charge is 0.478 e. The molecule has 0 spiro atoms. The van der Waals surface area contributed by atoms with Crippen LogP contribution in [0.4, 0.5) is 10.2 Å². The average Bonchev–Trinajstić information content (AvgIpc) is 2.40. The van der Waals surface area contributed by atoms with E-state index in [0.29, 0.717) is 5.92 Å². The molecule has 3 N–H and O–H groups in total. The van der Waals surface area contributed by atoms with Gasteiger partial charge in [0.15, 0.2) is 0 Å². The van der Waals surface area contributed by atoms with Gasteiger partial charge in [0, 0.05) is 0 Å². The molecule has 2 unspecified atom stereocenters. The molecule has 0 aromatic carbocycles. The maximum Gasteiger partial charge on any atom is 0.339 e. The molecular formula is C14H19FN2O3. The van der Waals surface area contributed by atoms with Crippen LogP contribution in [0.3, 0.4) is 0 Å². The molecule has 5 nitrogen and oxygen atoms in total. The molecule has 0 saturated heterocycles. The lowest BCUT2D eigenvalue weighted by atomic mass is 9.77. The molecule has 1 heterocycles. The summed E-state index contributed by atoms with van der Waals surface area (Å²) in [4.78, 5) is 15.0. The first-order valence-electron chi connectivity index (χ1n) is 6.74. The van der Waals surface area contributed by atoms with Gasteiger partial charge in [-0.2, -0.15) is 0 Å². The number of carbonyl (C=O) groups is 1. The summed E-state index contributed by atoms with van der Waals surface area (Å²) in [6.45, 7) is 2.00. The quantitative estimate of drug-likeness (QED) is 0.789. The lowest BCUT2D eigenvalue weighted by Gasteiger charge is -2.40. The van der Waals surface area contributed by atoms with Crippen LogP contribution in [0.5, 0.6) is 0 Å². The molecule has 110 valence electrons. The molecule has 20 heavy (non-hydrogen) atoms. The van der Waals surface area contributed by atoms with E-state index in [1.807, 2.05) is 0 Å². The van der Waals surface area contributed by atoms with Crippen LogP contribution >= 0.6 is 0 Å². The highest BCUT2D eigenvalue weighted by atomic mass is 19.1. The van der Waals surface area contributed by atoms with E-state index in [4.69, 9.17) is 5.11 Å². The molecule has 0 amide bonds. The third kappa shape index (κ3) is 3.07. The lowest BCUT2D eigenvalue weighted by molar-refractivity contribution is 0.0696. The fourth-order valence-corrected chi connectivity index (χ4v) is 2.91. The van der Waals surface area contributed by atoms with Crippen molar-refractivity contribution < 1.29 is 19.4 Å². The number of pyridine rings is 1. The molecule has 0 radical (unpaired) electrons. The van der Waals surface area contributed by atoms with Gasteiger partial charge in [-0.1, -0.05) is 19.8 Å². The fraction of sp³-hybridized carbons (Fsp3) is 0.571. The first-order chi connectivity index (χ1) is 9.46. The van der Waals surface area contributed by atoms with Gasteiger partial charge in [-0.25, -0.2) is 14.2 Å². The van der Waals surface area contributed by atoms with Crippen molar-refractivity contribution in [2.24, 2.45) is 5.92 Å². The van der Waals surface area contributed by atoms with E-state index in [2.05, 4.69) is 17.2 Å². The smallest absolute Gasteiger partial charge is 0.339 e. The van der Waals surface area contributed by atoms with Gasteiger partial charge in [-0.05, 0) is 24.8 Å². The molecule has 2 atom stereocenters. The molecule has 1 fully saturated rings. The van der Waals surface area contributed by atoms with Gasteiger partial charge in [-0.3, -0.25) is 0 Å². The Morgan fingerprint density at radius 1 is 1.65 bits per heavy atom. The van der Waals surface area contributed by atoms with Gasteiger partial charge >= 0.3 is 5.97 Å². The van der Waals surface area contributed by atoms with Crippen molar-refractivity contribution in [3.8, 4) is 0 Å². The van der Waals surface area contributed by atoms with Gasteiger partial charge in [-0.15, -0.1) is 0 Å². The van der Waals surface area contributed by atoms with E-state index in [-0.39, 0.29) is 18.0 Å². The van der Waals surface area contributed by atoms with Crippen LogP contribution in [-0.4, -0.2) is 33.3 Å². The third-order valence-corrected chi connectivity index (χ3v) is 3.86. The second kappa shape index (κ2) is 5.75. The highest BCUT2D eigenvalue weighted by Crippen LogP contribution is 2.35. The zero-order valence-corrected chi connectivity index (χ0v) is 11.4. The van der Waals surface area contributed by atoms with Crippen LogP contribution in [-0.2, 0) is 0 Å². The van der Waals surface area contributed by atoms with Gasteiger partial charge < -0.3 is 15.5 Å². The second-order valence-corrected chi connectivity index (χ2v) is 5.62. The molecule has 0 bridgehead atoms. The summed E-state index contributed by atoms with van der Waals surface area (Å²) in [6.07, 6.45) is 4.50. The zero-order chi connectivity index (χ0) is 14.8. The van der Waals surface area contributed by atoms with Crippen molar-refractivity contribution >= 4 is 11.8 Å². The minimum absolute atomic E-state index is 0.102. The second-order valence-electron chi connectivity index (χ2n) is 5.62. The standard InChI is InChI=1S/C14H19FN2O3/c1-9-3-2-4-14(6-9,8-18)17-12-11(13(19)20)5-10(15)7-16-12/h5,7,9,18H,2-4,6,8H2,1H3,(H,16,17)(H,19,20). The van der Waals surface area contributed by atoms with Gasteiger partial charge in [0.1, 0.15) is 17.2 Å². The number of aliphatic hydroxyl groups excluding tert-OH is 1. The third-order valence-electron chi connectivity index (χ3n) is 3.86. The molecular weight excluding hydrogens is 263 g/mol. The van der Waals surface area contributed by atoms with Crippen molar-refractivity contribution in [1.82, 2.24) is 4.98 Å². The van der Waals surface area contributed by atoms with Crippen LogP contribution in [0.2, 0.25) is 0 Å². The monoisotopic (exact) mass is 282 g/mol. The number of nitrogens with zero attached hydrogens (tertiary/aromatic N) is 1. The first kappa shape index (κ1) is 14.7. The van der Waals surface area contributed by atoms with Gasteiger partial charge in [0.05, 0.1) is 18.3 Å². The van der Waals surface area contributed by atoms with Crippen molar-refractivity contribution in [3.05, 3.63) is 23.6 Å². The number of aromatic nitrogens is 1. The molecule has 1 aromatic heterocycles. The van der Waals surface area contributed by atoms with Crippen LogP contribution in [0.15, 0.2) is 12.3 Å². The number of hydrogen-bond acceptors (Lipinski definition) is 4. The summed E-state index contributed by atoms with van der Waals surface area (Å²) in [5, 5.41) is 21.9. The Balaban J connectivity index is 2.30. The first-order valence-corrected chi connectivity index (χ1v) is 6.74. The number of hydrogen-bond donors (Lipinski definition) is 3. The molecule has 6 heteroatoms. The maximum absolute atomic E-state index is 13.1. The fourth-order valence-electron chi connectivity index (χ4n) is 2.91. The van der Waals surface area contributed by atoms with Crippen LogP contribution < -0.4 is 5.32 Å². The van der Waals surface area contributed by atoms with E-state index < -0.39 is 17.3 Å². The van der Waals surface area contributed by atoms with Gasteiger partial charge in [0.2, 0.25) is 0 Å². The summed E-state index contributed by atoms with van der Waals surface area (Å²) in [5.41, 5.74) is -0.789. The Morgan fingerprint density at radius 2 is 2.40 bits per heavy atom. The minimum Gasteiger partial charge on any atom is -0.478 e. The van der Waals surface area contributed by atoms with E-state index in [1.54, 1.807) is 0 Å². The summed E-state index contributed by atoms with van der Waals surface area (Å²) < 4.78 is 13.1. The summed E-state index contributed by atoms with van der Waals surface area (Å²) in [7, 11) is 0. The van der Waals surface area contributed by atoms with Crippen molar-refractivity contribution in [3.63, 3.8) is 0 Å². The Morgan fingerprint density at radius 3 is 3.00 bits per heavy atom. The summed E-state index contributed by atoms with van der Waals surface area (Å²) in [5.74, 6) is -1.38. The number of rotatable bonds is 4. The van der Waals surface area contributed by atoms with Crippen molar-refractivity contribution in [2.45, 2.75) is 38.1 Å². The average molecular weight is 282 g/mol. The van der Waals surface area contributed by atoms with E-state index in [9.17, 15) is 14.3 Å². The number of halogens is 1. The van der Waals surface area contributed by atoms with Crippen molar-refractivity contribution in [1.29, 1.82) is 0 Å². The highest BCUT2D eigenvalue weighted by Gasteiger charge is 2.35. The van der Waals surface area contributed by atoms with Crippen LogP contribution in [0.1, 0.15) is 43.0 Å². The number of aliphatic hydroxyl groups is 1. The molecule has 2 rings (SSSR count). The number of carboxylic acid groups (broad SMARTS) is 1. The summed E-state index contributed by atoms with van der Waals surface area (Å²) >= 11 is 0. The van der Waals surface area contributed by atoms with Crippen LogP contribution in [0, 0.1) is 11.7 Å². The predicted molar refractivity (Wildman–Crippen MR) is 72.2 cm³/mol. The lowest BCUT2D eigenvalue weighted by Crippen LogP contribution is -2.46. The molecule has 1 saturated carbocycles. The number of aromatic carboxylic acids is 1. The Bertz CT molecular complexity index is 509. The summed E-state index contributed by atoms with van der Waals surface area (Å²) in [6, 6.07) is 0.939. The molecule has 1 aliphatic rings. The maximum atomic E-state index is 13.1. The Kier molecular flexibility index (Phi) is 4.23. The number of anilines is 1. The number of carboxylic acids is 1. The van der Waals surface area contributed by atoms with E-state index >= 15 is 0 Å². The highest BCUT2D eigenvalue weighted by molar-refractivity contribution is 5.93. The van der Waals surface area contributed by atoms with Crippen molar-refractivity contribution in [2.75, 3.05) is 11.9 Å². The van der Waals surface area contributed by atoms with Crippen LogP contribution in [0.25, 0.3) is 0 Å². The zero-order valence-electron chi connectivity index (χ0n) is 11.4. The predicted octanol–water partition coefficient (Wildman–Crippen LogP) is 2.27. The van der Waals surface area contributed by atoms with E-state index in [0.717, 1.165) is 37.9 Å². The SMILES string of the molecule is CC1CCCC(CO)(Nc2ncc(F)cc2C(=O)O)C1. The topological polar surface area (TPSA) is 82.5 Å².